The molecule has 3 N–H and O–H groups in total. The van der Waals surface area contributed by atoms with E-state index in [1.807, 2.05) is 0 Å². The fourth-order valence-corrected chi connectivity index (χ4v) is 3.01. The number of hydrogen-bond donors (Lipinski definition) is 3. The van der Waals surface area contributed by atoms with E-state index in [4.69, 9.17) is 5.11 Å². The van der Waals surface area contributed by atoms with Gasteiger partial charge in [-0.05, 0) is 19.4 Å². The molecule has 0 aliphatic rings. The summed E-state index contributed by atoms with van der Waals surface area (Å²) in [7, 11) is 0. The predicted molar refractivity (Wildman–Crippen MR) is 108 cm³/mol. The summed E-state index contributed by atoms with van der Waals surface area (Å²) in [6.45, 7) is 4.77. The summed E-state index contributed by atoms with van der Waals surface area (Å²) < 4.78 is 0. The third-order valence-electron chi connectivity index (χ3n) is 4.64. The average Bonchev–Trinajstić information content (AvgIpc) is 2.62. The van der Waals surface area contributed by atoms with E-state index in [2.05, 4.69) is 17.6 Å². The minimum atomic E-state index is 0.173. The maximum Gasteiger partial charge on any atom is 0.220 e. The molecule has 4 nitrogen and oxygen atoms in total. The molecule has 0 bridgehead atoms. The predicted octanol–water partition coefficient (Wildman–Crippen LogP) is 4.56. The molecule has 0 saturated heterocycles. The van der Waals surface area contributed by atoms with Crippen LogP contribution in [-0.4, -0.2) is 37.3 Å². The van der Waals surface area contributed by atoms with Crippen LogP contribution in [-0.2, 0) is 4.79 Å². The highest BCUT2D eigenvalue weighted by Gasteiger charge is 2.00. The first kappa shape index (κ1) is 24.4. The van der Waals surface area contributed by atoms with E-state index in [1.165, 1.54) is 77.0 Å². The Morgan fingerprint density at radius 3 is 1.72 bits per heavy atom. The van der Waals surface area contributed by atoms with Crippen LogP contribution in [0.4, 0.5) is 0 Å². The number of amides is 1. The van der Waals surface area contributed by atoms with E-state index < -0.39 is 0 Å². The Labute approximate surface area is 156 Å². The van der Waals surface area contributed by atoms with Gasteiger partial charge in [-0.3, -0.25) is 4.79 Å². The molecule has 1 amide bonds. The summed E-state index contributed by atoms with van der Waals surface area (Å²) in [5, 5.41) is 14.8. The van der Waals surface area contributed by atoms with Crippen LogP contribution >= 0.6 is 0 Å². The van der Waals surface area contributed by atoms with Gasteiger partial charge in [0.25, 0.3) is 0 Å². The van der Waals surface area contributed by atoms with Crippen molar-refractivity contribution in [3.63, 3.8) is 0 Å². The zero-order valence-electron chi connectivity index (χ0n) is 16.8. The van der Waals surface area contributed by atoms with E-state index >= 15 is 0 Å². The van der Waals surface area contributed by atoms with Gasteiger partial charge in [-0.2, -0.15) is 0 Å². The minimum Gasteiger partial charge on any atom is -0.396 e. The molecule has 0 spiro atoms. The van der Waals surface area contributed by atoms with Gasteiger partial charge in [0.05, 0.1) is 0 Å². The monoisotopic (exact) mass is 356 g/mol. The summed E-state index contributed by atoms with van der Waals surface area (Å²) >= 11 is 0. The lowest BCUT2D eigenvalue weighted by atomic mass is 10.0. The molecule has 0 aromatic heterocycles. The van der Waals surface area contributed by atoms with Gasteiger partial charge in [-0.1, -0.05) is 84.0 Å². The van der Waals surface area contributed by atoms with Crippen LogP contribution in [0.15, 0.2) is 0 Å². The van der Waals surface area contributed by atoms with E-state index in [0.717, 1.165) is 25.9 Å². The van der Waals surface area contributed by atoms with Crippen LogP contribution in [0, 0.1) is 0 Å². The Morgan fingerprint density at radius 2 is 1.20 bits per heavy atom. The molecule has 150 valence electrons. The fraction of sp³-hybridized carbons (Fsp3) is 0.952. The second-order valence-corrected chi connectivity index (χ2v) is 7.17. The molecule has 0 atom stereocenters. The summed E-state index contributed by atoms with van der Waals surface area (Å²) in [6.07, 6.45) is 18.8. The molecule has 0 aliphatic carbocycles. The van der Waals surface area contributed by atoms with Crippen LogP contribution in [0.5, 0.6) is 0 Å². The number of aliphatic hydroxyl groups excluding tert-OH is 1. The standard InChI is InChI=1S/C21H44N2O2/c1-2-3-4-5-6-7-8-9-10-11-12-13-14-16-21(25)23-19-18-22-17-15-20-24/h22,24H,2-20H2,1H3,(H,23,25). The largest absolute Gasteiger partial charge is 0.396 e. The number of hydrogen-bond acceptors (Lipinski definition) is 3. The third kappa shape index (κ3) is 21.3. The molecule has 25 heavy (non-hydrogen) atoms. The van der Waals surface area contributed by atoms with Crippen LogP contribution in [0.3, 0.4) is 0 Å². The number of nitrogens with one attached hydrogen (secondary N) is 2. The molecule has 0 radical (unpaired) electrons. The van der Waals surface area contributed by atoms with Gasteiger partial charge in [0.2, 0.25) is 5.91 Å². The molecule has 0 aromatic rings. The maximum atomic E-state index is 11.7. The summed E-state index contributed by atoms with van der Waals surface area (Å²) in [5.41, 5.74) is 0. The van der Waals surface area contributed by atoms with Crippen molar-refractivity contribution < 1.29 is 9.90 Å². The Balaban J connectivity index is 3.11. The molecular formula is C21H44N2O2. The van der Waals surface area contributed by atoms with Gasteiger partial charge in [-0.25, -0.2) is 0 Å². The maximum absolute atomic E-state index is 11.7. The number of carbonyl (C=O) groups excluding carboxylic acids is 1. The third-order valence-corrected chi connectivity index (χ3v) is 4.64. The van der Waals surface area contributed by atoms with Crippen LogP contribution in [0.25, 0.3) is 0 Å². The summed E-state index contributed by atoms with van der Waals surface area (Å²) in [6, 6.07) is 0. The summed E-state index contributed by atoms with van der Waals surface area (Å²) in [5.74, 6) is 0.173. The van der Waals surface area contributed by atoms with Crippen molar-refractivity contribution >= 4 is 5.91 Å². The molecule has 0 unspecified atom stereocenters. The second-order valence-electron chi connectivity index (χ2n) is 7.17. The zero-order valence-corrected chi connectivity index (χ0v) is 16.8. The first-order valence-corrected chi connectivity index (χ1v) is 10.9. The topological polar surface area (TPSA) is 61.4 Å². The number of aliphatic hydroxyl groups is 1. The smallest absolute Gasteiger partial charge is 0.220 e. The van der Waals surface area contributed by atoms with Crippen LogP contribution < -0.4 is 10.6 Å². The highest BCUT2D eigenvalue weighted by atomic mass is 16.3. The normalized spacial score (nSPS) is 11.0. The number of rotatable bonds is 20. The lowest BCUT2D eigenvalue weighted by Crippen LogP contribution is -2.32. The lowest BCUT2D eigenvalue weighted by molar-refractivity contribution is -0.121. The SMILES string of the molecule is CCCCCCCCCCCCCCCC(=O)NCCNCCCO. The van der Waals surface area contributed by atoms with Gasteiger partial charge in [0.15, 0.2) is 0 Å². The van der Waals surface area contributed by atoms with Crippen molar-refractivity contribution in [2.75, 3.05) is 26.2 Å². The van der Waals surface area contributed by atoms with Gasteiger partial charge >= 0.3 is 0 Å². The van der Waals surface area contributed by atoms with Gasteiger partial charge in [0, 0.05) is 26.1 Å². The van der Waals surface area contributed by atoms with E-state index in [0.29, 0.717) is 13.0 Å². The van der Waals surface area contributed by atoms with E-state index in [-0.39, 0.29) is 12.5 Å². The number of carbonyl (C=O) groups is 1. The van der Waals surface area contributed by atoms with Crippen molar-refractivity contribution in [2.45, 2.75) is 103 Å². The summed E-state index contributed by atoms with van der Waals surface area (Å²) in [4.78, 5) is 11.7. The van der Waals surface area contributed by atoms with Crippen LogP contribution in [0.1, 0.15) is 103 Å². The first-order valence-electron chi connectivity index (χ1n) is 10.9. The second kappa shape index (κ2) is 21.4. The Hall–Kier alpha value is -0.610. The molecule has 0 saturated carbocycles. The zero-order chi connectivity index (χ0) is 18.4. The average molecular weight is 357 g/mol. The highest BCUT2D eigenvalue weighted by Crippen LogP contribution is 2.12. The van der Waals surface area contributed by atoms with Crippen molar-refractivity contribution in [1.82, 2.24) is 10.6 Å². The molecule has 4 heteroatoms. The minimum absolute atomic E-state index is 0.173. The van der Waals surface area contributed by atoms with Gasteiger partial charge in [0.1, 0.15) is 0 Å². The van der Waals surface area contributed by atoms with Crippen molar-refractivity contribution in [3.8, 4) is 0 Å². The van der Waals surface area contributed by atoms with E-state index in [9.17, 15) is 4.79 Å². The van der Waals surface area contributed by atoms with Crippen LogP contribution in [0.2, 0.25) is 0 Å². The van der Waals surface area contributed by atoms with Crippen molar-refractivity contribution in [1.29, 1.82) is 0 Å². The fourth-order valence-electron chi connectivity index (χ4n) is 3.01. The van der Waals surface area contributed by atoms with Gasteiger partial charge < -0.3 is 15.7 Å². The van der Waals surface area contributed by atoms with E-state index in [1.54, 1.807) is 0 Å². The van der Waals surface area contributed by atoms with Crippen molar-refractivity contribution in [2.24, 2.45) is 0 Å². The lowest BCUT2D eigenvalue weighted by Gasteiger charge is -2.06. The molecule has 0 aliphatic heterocycles. The first-order chi connectivity index (χ1) is 12.3. The molecule has 0 fully saturated rings. The van der Waals surface area contributed by atoms with Crippen molar-refractivity contribution in [3.05, 3.63) is 0 Å². The molecular weight excluding hydrogens is 312 g/mol. The quantitative estimate of drug-likeness (QED) is 0.280. The Bertz CT molecular complexity index is 273. The number of unbranched alkanes of at least 4 members (excludes halogenated alkanes) is 12. The Morgan fingerprint density at radius 1 is 0.680 bits per heavy atom. The Kier molecular flexibility index (Phi) is 20.9. The molecule has 0 heterocycles. The molecule has 0 rings (SSSR count). The highest BCUT2D eigenvalue weighted by molar-refractivity contribution is 5.75. The molecule has 0 aromatic carbocycles. The van der Waals surface area contributed by atoms with Gasteiger partial charge in [-0.15, -0.1) is 0 Å².